The van der Waals surface area contributed by atoms with Gasteiger partial charge in [-0.15, -0.1) is 6.42 Å². The lowest BCUT2D eigenvalue weighted by Crippen LogP contribution is -2.54. The minimum Gasteiger partial charge on any atom is -0.490 e. The number of rotatable bonds is 7. The summed E-state index contributed by atoms with van der Waals surface area (Å²) < 4.78 is 11.8. The predicted octanol–water partition coefficient (Wildman–Crippen LogP) is 3.28. The first-order valence-electron chi connectivity index (χ1n) is 9.45. The molecule has 2 aromatic carbocycles. The number of carbonyl (C=O) groups excluding carboxylic acids is 3. The molecule has 4 amide bonds. The zero-order chi connectivity index (χ0) is 24.1. The van der Waals surface area contributed by atoms with Gasteiger partial charge in [-0.05, 0) is 65.4 Å². The topological polar surface area (TPSA) is 128 Å². The van der Waals surface area contributed by atoms with E-state index in [2.05, 4.69) is 11.2 Å². The number of imide groups is 2. The van der Waals surface area contributed by atoms with Crippen LogP contribution < -0.4 is 19.7 Å². The van der Waals surface area contributed by atoms with Crippen LogP contribution in [-0.2, 0) is 9.59 Å². The molecule has 0 bridgehead atoms. The number of benzene rings is 2. The summed E-state index contributed by atoms with van der Waals surface area (Å²) in [6, 6.07) is 7.09. The van der Waals surface area contributed by atoms with E-state index in [9.17, 15) is 24.5 Å². The number of urea groups is 1. The molecule has 1 fully saturated rings. The minimum atomic E-state index is -0.960. The highest BCUT2D eigenvalue weighted by atomic mass is 127. The van der Waals surface area contributed by atoms with Gasteiger partial charge in [-0.2, -0.15) is 0 Å². The van der Waals surface area contributed by atoms with Crippen molar-refractivity contribution in [2.75, 3.05) is 18.1 Å². The maximum atomic E-state index is 13.0. The quantitative estimate of drug-likeness (QED) is 0.137. The van der Waals surface area contributed by atoms with Crippen LogP contribution >= 0.6 is 22.6 Å². The summed E-state index contributed by atoms with van der Waals surface area (Å²) in [6.45, 7) is 2.16. The molecule has 168 valence electrons. The third-order valence-corrected chi connectivity index (χ3v) is 5.16. The fourth-order valence-electron chi connectivity index (χ4n) is 2.97. The Bertz CT molecular complexity index is 1220. The Kier molecular flexibility index (Phi) is 7.29. The van der Waals surface area contributed by atoms with Gasteiger partial charge in [-0.25, -0.2) is 9.69 Å². The summed E-state index contributed by atoms with van der Waals surface area (Å²) in [4.78, 5) is 48.8. The van der Waals surface area contributed by atoms with E-state index < -0.39 is 22.8 Å². The number of non-ortho nitro benzene ring substituents is 1. The third-order valence-electron chi connectivity index (χ3n) is 4.36. The highest BCUT2D eigenvalue weighted by molar-refractivity contribution is 14.1. The molecule has 33 heavy (non-hydrogen) atoms. The second kappa shape index (κ2) is 10.1. The number of hydrogen-bond donors (Lipinski definition) is 1. The van der Waals surface area contributed by atoms with Crippen LogP contribution in [0.5, 0.6) is 11.5 Å². The van der Waals surface area contributed by atoms with Gasteiger partial charge in [-0.1, -0.05) is 5.92 Å². The van der Waals surface area contributed by atoms with Crippen molar-refractivity contribution in [3.8, 4) is 23.8 Å². The van der Waals surface area contributed by atoms with Gasteiger partial charge in [0, 0.05) is 12.1 Å². The van der Waals surface area contributed by atoms with Crippen molar-refractivity contribution in [3.63, 3.8) is 0 Å². The van der Waals surface area contributed by atoms with Gasteiger partial charge in [0.05, 0.1) is 20.8 Å². The lowest BCUT2D eigenvalue weighted by molar-refractivity contribution is -0.384. The molecule has 1 aliphatic rings. The molecule has 1 aliphatic heterocycles. The maximum absolute atomic E-state index is 13.0. The Labute approximate surface area is 201 Å². The number of anilines is 1. The minimum absolute atomic E-state index is 0.0315. The zero-order valence-electron chi connectivity index (χ0n) is 17.2. The number of nitro groups is 1. The first-order chi connectivity index (χ1) is 15.8. The van der Waals surface area contributed by atoms with Crippen molar-refractivity contribution in [1.82, 2.24) is 5.32 Å². The Hall–Kier alpha value is -3.92. The van der Waals surface area contributed by atoms with E-state index in [-0.39, 0.29) is 23.6 Å². The van der Waals surface area contributed by atoms with Crippen LogP contribution in [0, 0.1) is 26.0 Å². The Balaban J connectivity index is 2.00. The Morgan fingerprint density at radius 3 is 2.52 bits per heavy atom. The number of nitrogens with one attached hydrogen (secondary N) is 1. The van der Waals surface area contributed by atoms with E-state index in [0.717, 1.165) is 17.0 Å². The Morgan fingerprint density at radius 1 is 1.21 bits per heavy atom. The van der Waals surface area contributed by atoms with E-state index in [1.54, 1.807) is 19.1 Å². The lowest BCUT2D eigenvalue weighted by atomic mass is 10.1. The number of amides is 4. The molecule has 0 unspecified atom stereocenters. The van der Waals surface area contributed by atoms with Crippen LogP contribution in [-0.4, -0.2) is 36.0 Å². The molecular weight excluding hydrogens is 545 g/mol. The van der Waals surface area contributed by atoms with Gasteiger partial charge >= 0.3 is 6.03 Å². The molecule has 1 N–H and O–H groups in total. The molecule has 1 heterocycles. The van der Waals surface area contributed by atoms with Gasteiger partial charge in [-0.3, -0.25) is 25.0 Å². The van der Waals surface area contributed by atoms with Crippen LogP contribution in [0.1, 0.15) is 12.5 Å². The molecule has 1 saturated heterocycles. The molecule has 2 aromatic rings. The molecule has 0 atom stereocenters. The van der Waals surface area contributed by atoms with E-state index >= 15 is 0 Å². The lowest BCUT2D eigenvalue weighted by Gasteiger charge is -2.26. The average Bonchev–Trinajstić information content (AvgIpc) is 2.76. The highest BCUT2D eigenvalue weighted by Crippen LogP contribution is 2.35. The highest BCUT2D eigenvalue weighted by Gasteiger charge is 2.37. The summed E-state index contributed by atoms with van der Waals surface area (Å²) in [7, 11) is 0. The number of halogens is 1. The average molecular weight is 561 g/mol. The number of nitrogens with zero attached hydrogens (tertiary/aromatic N) is 2. The molecule has 11 heteroatoms. The number of carbonyl (C=O) groups is 3. The van der Waals surface area contributed by atoms with Gasteiger partial charge in [0.1, 0.15) is 12.2 Å². The molecule has 0 aliphatic carbocycles. The third kappa shape index (κ3) is 5.12. The van der Waals surface area contributed by atoms with E-state index in [4.69, 9.17) is 15.9 Å². The van der Waals surface area contributed by atoms with E-state index in [1.165, 1.54) is 18.2 Å². The summed E-state index contributed by atoms with van der Waals surface area (Å²) >= 11 is 2.01. The van der Waals surface area contributed by atoms with Crippen LogP contribution in [0.15, 0.2) is 42.0 Å². The monoisotopic (exact) mass is 561 g/mol. The van der Waals surface area contributed by atoms with Gasteiger partial charge < -0.3 is 9.47 Å². The molecule has 0 saturated carbocycles. The molecule has 3 rings (SSSR count). The first-order valence-corrected chi connectivity index (χ1v) is 10.5. The predicted molar refractivity (Wildman–Crippen MR) is 127 cm³/mol. The fourth-order valence-corrected chi connectivity index (χ4v) is 3.75. The summed E-state index contributed by atoms with van der Waals surface area (Å²) in [5.74, 6) is 1.43. The number of terminal acetylenes is 1. The largest absolute Gasteiger partial charge is 0.490 e. The van der Waals surface area contributed by atoms with Crippen molar-refractivity contribution in [2.45, 2.75) is 6.92 Å². The van der Waals surface area contributed by atoms with Crippen molar-refractivity contribution in [1.29, 1.82) is 0 Å². The molecule has 10 nitrogen and oxygen atoms in total. The van der Waals surface area contributed by atoms with Crippen molar-refractivity contribution in [3.05, 3.63) is 61.2 Å². The summed E-state index contributed by atoms with van der Waals surface area (Å²) in [5, 5.41) is 13.0. The standard InChI is InChI=1S/C22H16IN3O7/c1-3-9-33-19-17(23)11-13(12-18(19)32-4-2)10-16-20(27)24-22(29)25(21(16)28)14-5-7-15(8-6-14)26(30)31/h1,5-8,10-12H,4,9H2,2H3,(H,24,27,29)/b16-10+. The van der Waals surface area contributed by atoms with Crippen LogP contribution in [0.3, 0.4) is 0 Å². The van der Waals surface area contributed by atoms with Gasteiger partial charge in [0.25, 0.3) is 17.5 Å². The zero-order valence-corrected chi connectivity index (χ0v) is 19.3. The smallest absolute Gasteiger partial charge is 0.335 e. The maximum Gasteiger partial charge on any atom is 0.335 e. The molecular formula is C22H16IN3O7. The van der Waals surface area contributed by atoms with Crippen LogP contribution in [0.2, 0.25) is 0 Å². The second-order valence-corrected chi connectivity index (χ2v) is 7.65. The fraction of sp³-hybridized carbons (Fsp3) is 0.136. The summed E-state index contributed by atoms with van der Waals surface area (Å²) in [5.41, 5.74) is 0.0145. The number of nitro benzene ring substituents is 1. The molecule has 0 aromatic heterocycles. The van der Waals surface area contributed by atoms with Crippen LogP contribution in [0.25, 0.3) is 6.08 Å². The SMILES string of the molecule is C#CCOc1c(I)cc(/C=C2\C(=O)NC(=O)N(c3ccc([N+](=O)[O-])cc3)C2=O)cc1OCC. The van der Waals surface area contributed by atoms with Gasteiger partial charge in [0.15, 0.2) is 11.5 Å². The number of hydrogen-bond acceptors (Lipinski definition) is 7. The van der Waals surface area contributed by atoms with Crippen LogP contribution in [0.4, 0.5) is 16.2 Å². The van der Waals surface area contributed by atoms with Gasteiger partial charge in [0.2, 0.25) is 0 Å². The number of ether oxygens (including phenoxy) is 2. The Morgan fingerprint density at radius 2 is 1.91 bits per heavy atom. The van der Waals surface area contributed by atoms with Crippen molar-refractivity contribution in [2.24, 2.45) is 0 Å². The number of barbiturate groups is 1. The molecule has 0 radical (unpaired) electrons. The van der Waals surface area contributed by atoms with E-state index in [1.807, 2.05) is 22.6 Å². The summed E-state index contributed by atoms with van der Waals surface area (Å²) in [6.07, 6.45) is 6.57. The molecule has 0 spiro atoms. The first kappa shape index (κ1) is 23.7. The van der Waals surface area contributed by atoms with E-state index in [0.29, 0.717) is 27.2 Å². The van der Waals surface area contributed by atoms with Crippen molar-refractivity contribution >= 4 is 57.9 Å². The van der Waals surface area contributed by atoms with Crippen molar-refractivity contribution < 1.29 is 28.8 Å². The normalized spacial score (nSPS) is 14.6. The second-order valence-electron chi connectivity index (χ2n) is 6.49.